The van der Waals surface area contributed by atoms with E-state index in [1.807, 2.05) is 0 Å². The van der Waals surface area contributed by atoms with Gasteiger partial charge in [0.1, 0.15) is 53.6 Å². The van der Waals surface area contributed by atoms with E-state index in [9.17, 15) is 28.9 Å². The number of hydrogen-bond donors (Lipinski definition) is 7. The van der Waals surface area contributed by atoms with E-state index in [0.29, 0.717) is 11.5 Å². The highest BCUT2D eigenvalue weighted by atomic mass is 32.7. The Morgan fingerprint density at radius 3 is 2.70 bits per heavy atom. The number of aromatic amines is 1. The normalized spacial score (nSPS) is 39.9. The van der Waals surface area contributed by atoms with Crippen molar-refractivity contribution < 1.29 is 51.6 Å². The van der Waals surface area contributed by atoms with E-state index >= 15 is 0 Å². The number of aliphatic hydroxyl groups is 2. The number of nitrogens with one attached hydrogen (secondary N) is 2. The Hall–Kier alpha value is -2.14. The molecule has 250 valence electrons. The fourth-order valence-corrected chi connectivity index (χ4v) is 8.70. The Balaban J connectivity index is 1.19. The smallest absolute Gasteiger partial charge is 0.386 e. The molecule has 7 N–H and O–H groups in total. The van der Waals surface area contributed by atoms with Crippen LogP contribution in [0.5, 0.6) is 0 Å². The lowest BCUT2D eigenvalue weighted by atomic mass is 10.1. The standard InChI is InChI=1S/C22H27FN8O11P2S2/c23-8-3-30(18-11(8)20(34)28-6-26-18)21-14(33)15-10(40-21)4-38-44(36,46)42-16-13(32)9(1-2-37-43(35,45)41-15)39-22(16)31-7-29-12-17(24)25-5-27-19(12)31/h3,5-7,9-10,13-17,21-22,32-33H,1-2,4,24H2,(H,25,27)(H,35,45)(H,36,46)(H,26,28,34)/t9-,10-,13-,14-,15-,16-,17?,21-,22-,43?,44?/m1/s1. The van der Waals surface area contributed by atoms with E-state index < -0.39 is 86.7 Å². The lowest BCUT2D eigenvalue weighted by Crippen LogP contribution is -2.37. The number of fused-ring (bicyclic) bond motifs is 5. The first-order chi connectivity index (χ1) is 21.8. The predicted molar refractivity (Wildman–Crippen MR) is 161 cm³/mol. The van der Waals surface area contributed by atoms with Crippen LogP contribution in [0, 0.1) is 5.82 Å². The highest BCUT2D eigenvalue weighted by Gasteiger charge is 2.52. The van der Waals surface area contributed by atoms with E-state index in [4.69, 9.17) is 45.1 Å². The topological polar surface area (TPSA) is 252 Å². The van der Waals surface area contributed by atoms with Crippen LogP contribution in [0.15, 0.2) is 28.6 Å². The van der Waals surface area contributed by atoms with Crippen LogP contribution in [0.1, 0.15) is 30.7 Å². The van der Waals surface area contributed by atoms with Gasteiger partial charge in [0.2, 0.25) is 0 Å². The summed E-state index contributed by atoms with van der Waals surface area (Å²) in [6, 6.07) is 0. The third-order valence-corrected chi connectivity index (χ3v) is 11.1. The maximum absolute atomic E-state index is 14.7. The van der Waals surface area contributed by atoms with Crippen LogP contribution >= 0.6 is 25.8 Å². The molecule has 0 radical (unpaired) electrons. The number of thiol groups is 1. The summed E-state index contributed by atoms with van der Waals surface area (Å²) >= 11 is 9.29. The number of aliphatic hydroxyl groups excluding tert-OH is 2. The van der Waals surface area contributed by atoms with Crippen molar-refractivity contribution >= 4 is 60.8 Å². The molecule has 3 unspecified atom stereocenters. The zero-order chi connectivity index (χ0) is 32.5. The molecule has 46 heavy (non-hydrogen) atoms. The number of anilines is 1. The van der Waals surface area contributed by atoms with Gasteiger partial charge >= 0.3 is 13.5 Å². The molecule has 11 atom stereocenters. The third kappa shape index (κ3) is 5.79. The minimum atomic E-state index is -4.36. The van der Waals surface area contributed by atoms with E-state index in [1.165, 1.54) is 17.2 Å². The van der Waals surface area contributed by atoms with E-state index in [1.54, 1.807) is 0 Å². The maximum Gasteiger partial charge on any atom is 0.386 e. The Morgan fingerprint density at radius 1 is 1.11 bits per heavy atom. The Bertz CT molecular complexity index is 1840. The van der Waals surface area contributed by atoms with Crippen LogP contribution in [0.4, 0.5) is 10.2 Å². The molecular weight excluding hydrogens is 697 g/mol. The highest BCUT2D eigenvalue weighted by Crippen LogP contribution is 2.58. The molecule has 0 saturated carbocycles. The summed E-state index contributed by atoms with van der Waals surface area (Å²) in [4.78, 5) is 37.7. The zero-order valence-electron chi connectivity index (χ0n) is 23.2. The molecule has 3 fully saturated rings. The summed E-state index contributed by atoms with van der Waals surface area (Å²) in [6.07, 6.45) is -6.86. The van der Waals surface area contributed by atoms with Gasteiger partial charge in [-0.1, -0.05) is 12.2 Å². The van der Waals surface area contributed by atoms with Gasteiger partial charge in [0.25, 0.3) is 5.56 Å². The number of nitrogens with zero attached hydrogens (tertiary/aromatic N) is 5. The van der Waals surface area contributed by atoms with Gasteiger partial charge in [0, 0.05) is 12.6 Å². The number of halogens is 1. The zero-order valence-corrected chi connectivity index (χ0v) is 26.7. The number of ether oxygens (including phenoxy) is 2. The van der Waals surface area contributed by atoms with Crippen LogP contribution in [0.25, 0.3) is 11.0 Å². The average Bonchev–Trinajstić information content (AvgIpc) is 3.73. The average molecular weight is 725 g/mol. The molecule has 19 nitrogen and oxygen atoms in total. The number of imidazole rings is 1. The second-order valence-electron chi connectivity index (χ2n) is 10.7. The van der Waals surface area contributed by atoms with Crippen molar-refractivity contribution in [3.05, 3.63) is 40.7 Å². The van der Waals surface area contributed by atoms with Gasteiger partial charge in [-0.15, -0.1) is 0 Å². The van der Waals surface area contributed by atoms with Gasteiger partial charge in [-0.2, -0.15) is 0 Å². The molecule has 24 heteroatoms. The Labute approximate surface area is 267 Å². The lowest BCUT2D eigenvalue weighted by Gasteiger charge is -2.28. The van der Waals surface area contributed by atoms with Crippen molar-refractivity contribution in [3.63, 3.8) is 0 Å². The molecule has 3 saturated heterocycles. The Morgan fingerprint density at radius 2 is 1.89 bits per heavy atom. The van der Waals surface area contributed by atoms with Crippen LogP contribution in [0.2, 0.25) is 0 Å². The molecule has 3 aromatic rings. The van der Waals surface area contributed by atoms with E-state index in [2.05, 4.69) is 37.5 Å². The van der Waals surface area contributed by atoms with Crippen molar-refractivity contribution in [2.45, 2.75) is 61.7 Å². The largest absolute Gasteiger partial charge is 0.387 e. The molecule has 0 aliphatic carbocycles. The summed E-state index contributed by atoms with van der Waals surface area (Å²) in [5, 5.41) is 25.0. The molecule has 4 aliphatic heterocycles. The van der Waals surface area contributed by atoms with Gasteiger partial charge in [-0.05, 0) is 11.8 Å². The first-order valence-corrected chi connectivity index (χ1v) is 18.9. The van der Waals surface area contributed by atoms with Gasteiger partial charge < -0.3 is 49.7 Å². The summed E-state index contributed by atoms with van der Waals surface area (Å²) in [5.41, 5.74) is 5.48. The number of hydrogen-bond acceptors (Lipinski definition) is 16. The molecule has 0 spiro atoms. The first-order valence-electron chi connectivity index (χ1n) is 13.7. The van der Waals surface area contributed by atoms with Crippen LogP contribution in [0.3, 0.4) is 0 Å². The second-order valence-corrected chi connectivity index (χ2v) is 16.3. The fraction of sp³-hybridized carbons (Fsp3) is 0.545. The SMILES string of the molecule is NC1N=CNc2c1ncn2[C@@H]1O[C@@H]2CCOP(O)(=S)O[C@H]3[C@@H](O)[C@H](n4cc(F)c5c(=O)[nH]cnc54)O[C@@H]3COP(=O)(S)O[C@@H]1[C@@H]2O. The number of nitrogens with two attached hydrogens (primary N) is 1. The summed E-state index contributed by atoms with van der Waals surface area (Å²) in [7, 11) is 0. The van der Waals surface area contributed by atoms with Crippen LogP contribution in [-0.2, 0) is 43.9 Å². The highest BCUT2D eigenvalue weighted by molar-refractivity contribution is 8.44. The van der Waals surface area contributed by atoms with Crippen molar-refractivity contribution in [1.29, 1.82) is 0 Å². The molecular formula is C22H27FN8O11P2S2. The van der Waals surface area contributed by atoms with Crippen molar-refractivity contribution in [1.82, 2.24) is 24.1 Å². The summed E-state index contributed by atoms with van der Waals surface area (Å²) < 4.78 is 65.3. The quantitative estimate of drug-likeness (QED) is 0.137. The Kier molecular flexibility index (Phi) is 8.51. The van der Waals surface area contributed by atoms with Crippen molar-refractivity contribution in [2.24, 2.45) is 10.7 Å². The van der Waals surface area contributed by atoms with Crippen molar-refractivity contribution in [2.75, 3.05) is 18.5 Å². The van der Waals surface area contributed by atoms with E-state index in [-0.39, 0.29) is 24.1 Å². The second kappa shape index (κ2) is 12.1. The van der Waals surface area contributed by atoms with Gasteiger partial charge in [0.05, 0.1) is 38.3 Å². The minimum Gasteiger partial charge on any atom is -0.387 e. The third-order valence-electron chi connectivity index (χ3n) is 7.85. The summed E-state index contributed by atoms with van der Waals surface area (Å²) in [6.45, 7) is -9.40. The van der Waals surface area contributed by atoms with Gasteiger partial charge in [0.15, 0.2) is 23.9 Å². The molecule has 0 aromatic carbocycles. The number of H-pyrrole nitrogens is 1. The van der Waals surface area contributed by atoms with Crippen LogP contribution < -0.4 is 16.6 Å². The molecule has 7 rings (SSSR count). The lowest BCUT2D eigenvalue weighted by molar-refractivity contribution is -0.0520. The number of rotatable bonds is 2. The summed E-state index contributed by atoms with van der Waals surface area (Å²) in [5.74, 6) is -0.543. The van der Waals surface area contributed by atoms with Crippen molar-refractivity contribution in [3.8, 4) is 0 Å². The monoisotopic (exact) mass is 724 g/mol. The molecule has 4 aliphatic rings. The molecule has 0 amide bonds. The molecule has 2 bridgehead atoms. The number of aliphatic imine (C=N–C) groups is 1. The molecule has 7 heterocycles. The predicted octanol–water partition coefficient (Wildman–Crippen LogP) is 0.150. The maximum atomic E-state index is 14.7. The number of aromatic nitrogens is 5. The van der Waals surface area contributed by atoms with Crippen LogP contribution in [-0.4, -0.2) is 95.4 Å². The van der Waals surface area contributed by atoms with E-state index in [0.717, 1.165) is 17.1 Å². The van der Waals surface area contributed by atoms with Gasteiger partial charge in [-0.25, -0.2) is 18.9 Å². The fourth-order valence-electron chi connectivity index (χ4n) is 5.75. The minimum absolute atomic E-state index is 0.0481. The van der Waals surface area contributed by atoms with Gasteiger partial charge in [-0.3, -0.25) is 27.9 Å². The molecule has 3 aromatic heterocycles. The first kappa shape index (κ1) is 32.4.